The molecule has 0 heterocycles. The average Bonchev–Trinajstić information content (AvgIpc) is 1.53. The summed E-state index contributed by atoms with van der Waals surface area (Å²) in [5.74, 6) is 0. The van der Waals surface area contributed by atoms with Gasteiger partial charge >= 0.3 is 0 Å². The van der Waals surface area contributed by atoms with Crippen molar-refractivity contribution in [2.45, 2.75) is 87.9 Å². The minimum atomic E-state index is -0.538. The Balaban J connectivity index is 0.000000144. The molecule has 22 aromatic rings. The van der Waals surface area contributed by atoms with E-state index in [0.717, 1.165) is 34.1 Å². The monoisotopic (exact) mass is 1840 g/mol. The first-order chi connectivity index (χ1) is 70.4. The standard InChI is InChI=1S/C75H55N.C67H51N/c1-73(2)68-43-52(51-31-30-48-18-11-12-20-50(48)42-51)32-37-62(68)64-39-34-56(45-70(64)73)76(57-35-40-65-63-38-33-53(44-69(63)74(3,4)71(65)46-57)60-28-17-21-49-19-13-14-26-59(49)60)58-36-41-66-61-27-15-16-29-67(61)75(72(66)47-58,54-22-7-5-8-23-54)55-24-9-6-10-25-55;1-65(2)60-39-46(44-19-9-5-10-20-44)29-34-54(60)56-36-31-50(41-62(56)65)68(51-32-37-57-55-35-30-47(45-21-11-6-12-22-45)40-61(55)66(3,4)63(57)42-51)52-33-38-58-53-27-17-18-28-59(53)67(64(58)43-52,48-23-13-7-14-24-48)49-25-15-8-16-26-49/h5-47H,1-4H3;5-43H,1-4H3. The highest BCUT2D eigenvalue weighted by atomic mass is 15.2. The van der Waals surface area contributed by atoms with E-state index in [4.69, 9.17) is 0 Å². The van der Waals surface area contributed by atoms with Crippen LogP contribution in [-0.4, -0.2) is 0 Å². The Morgan fingerprint density at radius 1 is 0.132 bits per heavy atom. The maximum absolute atomic E-state index is 2.55. The summed E-state index contributed by atoms with van der Waals surface area (Å²) in [4.78, 5) is 5.08. The number of hydrogen-bond acceptors (Lipinski definition) is 2. The molecule has 0 radical (unpaired) electrons. The summed E-state index contributed by atoms with van der Waals surface area (Å²) in [7, 11) is 0. The van der Waals surface area contributed by atoms with E-state index in [9.17, 15) is 0 Å². The van der Waals surface area contributed by atoms with E-state index >= 15 is 0 Å². The topological polar surface area (TPSA) is 6.48 Å². The first-order valence-corrected chi connectivity index (χ1v) is 51.0. The molecule has 0 amide bonds. The van der Waals surface area contributed by atoms with Gasteiger partial charge in [0, 0.05) is 55.8 Å². The lowest BCUT2D eigenvalue weighted by atomic mass is 9.67. The van der Waals surface area contributed by atoms with Gasteiger partial charge < -0.3 is 9.80 Å². The maximum atomic E-state index is 2.55. The minimum Gasteiger partial charge on any atom is -0.310 e. The first-order valence-electron chi connectivity index (χ1n) is 51.0. The Morgan fingerprint density at radius 2 is 0.361 bits per heavy atom. The van der Waals surface area contributed by atoms with E-state index in [-0.39, 0.29) is 21.7 Å². The highest BCUT2D eigenvalue weighted by molar-refractivity contribution is 6.01. The van der Waals surface area contributed by atoms with Crippen LogP contribution >= 0.6 is 0 Å². The van der Waals surface area contributed by atoms with E-state index in [1.54, 1.807) is 0 Å². The minimum absolute atomic E-state index is 0.218. The van der Waals surface area contributed by atoms with Crippen LogP contribution < -0.4 is 9.80 Å². The van der Waals surface area contributed by atoms with Crippen LogP contribution in [0.4, 0.5) is 34.1 Å². The van der Waals surface area contributed by atoms with Gasteiger partial charge in [0.1, 0.15) is 0 Å². The molecule has 0 N–H and O–H groups in total. The fourth-order valence-corrected chi connectivity index (χ4v) is 26.3. The van der Waals surface area contributed by atoms with Crippen molar-refractivity contribution in [1.29, 1.82) is 0 Å². The fourth-order valence-electron chi connectivity index (χ4n) is 26.3. The van der Waals surface area contributed by atoms with Gasteiger partial charge in [-0.1, -0.05) is 450 Å². The van der Waals surface area contributed by atoms with Gasteiger partial charge in [0.2, 0.25) is 0 Å². The average molecular weight is 1840 g/mol. The number of hydrogen-bond donors (Lipinski definition) is 0. The molecule has 0 saturated carbocycles. The lowest BCUT2D eigenvalue weighted by molar-refractivity contribution is 0.660. The summed E-state index contributed by atoms with van der Waals surface area (Å²) in [5, 5.41) is 5.07. The number of nitrogens with zero attached hydrogens (tertiary/aromatic N) is 2. The Labute approximate surface area is 844 Å². The summed E-state index contributed by atoms with van der Waals surface area (Å²) < 4.78 is 0. The Hall–Kier alpha value is -17.0. The molecule has 684 valence electrons. The van der Waals surface area contributed by atoms with Crippen LogP contribution in [0.2, 0.25) is 0 Å². The van der Waals surface area contributed by atoms with Gasteiger partial charge in [-0.15, -0.1) is 0 Å². The molecule has 0 saturated heterocycles. The summed E-state index contributed by atoms with van der Waals surface area (Å²) >= 11 is 0. The van der Waals surface area contributed by atoms with Crippen LogP contribution in [0.15, 0.2) is 497 Å². The highest BCUT2D eigenvalue weighted by Crippen LogP contribution is 2.64. The number of benzene rings is 22. The normalized spacial score (nSPS) is 14.7. The van der Waals surface area contributed by atoms with Gasteiger partial charge in [0.15, 0.2) is 0 Å². The van der Waals surface area contributed by atoms with Crippen LogP contribution in [0.25, 0.3) is 133 Å². The van der Waals surface area contributed by atoms with Crippen LogP contribution in [0, 0.1) is 0 Å². The van der Waals surface area contributed by atoms with Crippen LogP contribution in [0.1, 0.15) is 144 Å². The van der Waals surface area contributed by atoms with Gasteiger partial charge in [-0.25, -0.2) is 0 Å². The molecule has 0 spiro atoms. The van der Waals surface area contributed by atoms with Gasteiger partial charge in [0.05, 0.1) is 10.8 Å². The summed E-state index contributed by atoms with van der Waals surface area (Å²) in [6.07, 6.45) is 0. The zero-order valence-electron chi connectivity index (χ0n) is 82.2. The third-order valence-electron chi connectivity index (χ3n) is 33.5. The molecular weight excluding hydrogens is 1730 g/mol. The van der Waals surface area contributed by atoms with Crippen molar-refractivity contribution < 1.29 is 0 Å². The second-order valence-corrected chi connectivity index (χ2v) is 42.5. The molecule has 0 bridgehead atoms. The molecule has 22 aromatic carbocycles. The summed E-state index contributed by atoms with van der Waals surface area (Å²) in [6, 6.07) is 187. The molecule has 2 heteroatoms. The predicted octanol–water partition coefficient (Wildman–Crippen LogP) is 37.2. The SMILES string of the molecule is CC1(C)c2cc(-c3ccc4ccccc4c3)ccc2-c2ccc(N(c3ccc4c(c3)C(C)(C)c3cc(-c5cccc6ccccc56)ccc3-4)c3ccc4c(c3)C(c3ccccc3)(c3ccccc3)c3ccccc3-4)cc21.CC1(C)c2cc(-c3ccccc3)ccc2-c2ccc(N(c3ccc4c(c3)C(C)(C)c3cc(-c5ccccc5)ccc3-4)c3ccc4c(c3)C(c3ccccc3)(c3ccccc3)c3ccccc3-4)cc21. The van der Waals surface area contributed by atoms with Crippen molar-refractivity contribution >= 4 is 55.7 Å². The van der Waals surface area contributed by atoms with Gasteiger partial charge in [-0.2, -0.15) is 0 Å². The van der Waals surface area contributed by atoms with E-state index in [1.807, 2.05) is 0 Å². The lowest BCUT2D eigenvalue weighted by Crippen LogP contribution is -2.28. The van der Waals surface area contributed by atoms with Crippen molar-refractivity contribution in [1.82, 2.24) is 0 Å². The molecule has 0 aromatic heterocycles. The van der Waals surface area contributed by atoms with E-state index in [2.05, 4.69) is 563 Å². The number of fused-ring (bicyclic) bond motifs is 20. The Morgan fingerprint density at radius 3 is 0.722 bits per heavy atom. The predicted molar refractivity (Wildman–Crippen MR) is 604 cm³/mol. The van der Waals surface area contributed by atoms with E-state index in [0.29, 0.717) is 0 Å². The maximum Gasteiger partial charge on any atom is 0.0714 e. The van der Waals surface area contributed by atoms with Gasteiger partial charge in [-0.3, -0.25) is 0 Å². The molecule has 6 aliphatic rings. The van der Waals surface area contributed by atoms with Crippen molar-refractivity contribution in [3.05, 3.63) is 586 Å². The van der Waals surface area contributed by atoms with Gasteiger partial charge in [0.25, 0.3) is 0 Å². The largest absolute Gasteiger partial charge is 0.310 e. The first kappa shape index (κ1) is 86.1. The van der Waals surface area contributed by atoms with E-state index < -0.39 is 10.8 Å². The van der Waals surface area contributed by atoms with Crippen molar-refractivity contribution in [2.24, 2.45) is 0 Å². The molecule has 28 rings (SSSR count). The smallest absolute Gasteiger partial charge is 0.0714 e. The van der Waals surface area contributed by atoms with Crippen molar-refractivity contribution in [3.63, 3.8) is 0 Å². The van der Waals surface area contributed by atoms with Crippen LogP contribution in [0.3, 0.4) is 0 Å². The summed E-state index contributed by atoms with van der Waals surface area (Å²) in [6.45, 7) is 19.3. The molecule has 0 unspecified atom stereocenters. The zero-order chi connectivity index (χ0) is 96.7. The van der Waals surface area contributed by atoms with Gasteiger partial charge in [-0.05, 0) is 325 Å². The zero-order valence-corrected chi connectivity index (χ0v) is 82.2. The molecular formula is C142H106N2. The molecule has 0 fully saturated rings. The third-order valence-corrected chi connectivity index (χ3v) is 33.5. The molecule has 6 aliphatic carbocycles. The molecule has 0 atom stereocenters. The second-order valence-electron chi connectivity index (χ2n) is 42.5. The molecule has 144 heavy (non-hydrogen) atoms. The highest BCUT2D eigenvalue weighted by Gasteiger charge is 2.50. The van der Waals surface area contributed by atoms with Crippen molar-refractivity contribution in [2.75, 3.05) is 9.80 Å². The van der Waals surface area contributed by atoms with Crippen LogP contribution in [0.5, 0.6) is 0 Å². The summed E-state index contributed by atoms with van der Waals surface area (Å²) in [5.41, 5.74) is 51.5. The number of anilines is 6. The Bertz CT molecular complexity index is 8750. The van der Waals surface area contributed by atoms with E-state index in [1.165, 1.54) is 222 Å². The lowest BCUT2D eigenvalue weighted by Gasteiger charge is -2.35. The Kier molecular flexibility index (Phi) is 19.6. The quantitative estimate of drug-likeness (QED) is 0.107. The molecule has 0 aliphatic heterocycles. The second kappa shape index (κ2) is 32.8. The number of rotatable bonds is 14. The third kappa shape index (κ3) is 13.0. The molecule has 2 nitrogen and oxygen atoms in total. The van der Waals surface area contributed by atoms with Crippen LogP contribution in [-0.2, 0) is 32.5 Å². The van der Waals surface area contributed by atoms with Crippen molar-refractivity contribution in [3.8, 4) is 111 Å². The fraction of sp³-hybridized carbons (Fsp3) is 0.0986.